The maximum Gasteiger partial charge on any atom is 0.261 e. The summed E-state index contributed by atoms with van der Waals surface area (Å²) in [5.74, 6) is -0.899. The number of nitrogens with zero attached hydrogens (tertiary/aromatic N) is 2. The molecular formula is C22H19N3O3S. The van der Waals surface area contributed by atoms with Crippen LogP contribution in [0.1, 0.15) is 37.7 Å². The van der Waals surface area contributed by atoms with Gasteiger partial charge in [0.1, 0.15) is 5.01 Å². The first kappa shape index (κ1) is 19.0. The number of hydrogen-bond acceptors (Lipinski definition) is 5. The molecule has 0 saturated carbocycles. The van der Waals surface area contributed by atoms with Crippen molar-refractivity contribution in [2.24, 2.45) is 0 Å². The first-order valence-electron chi connectivity index (χ1n) is 9.28. The Hall–Kier alpha value is -3.32. The van der Waals surface area contributed by atoms with E-state index in [2.05, 4.69) is 10.3 Å². The van der Waals surface area contributed by atoms with Crippen LogP contribution in [0.3, 0.4) is 0 Å². The molecule has 0 saturated heterocycles. The van der Waals surface area contributed by atoms with E-state index in [1.165, 1.54) is 0 Å². The number of thiazole rings is 1. The smallest absolute Gasteiger partial charge is 0.261 e. The molecule has 1 aliphatic heterocycles. The number of aromatic nitrogens is 1. The van der Waals surface area contributed by atoms with Crippen LogP contribution in [-0.2, 0) is 11.3 Å². The Balaban J connectivity index is 1.33. The van der Waals surface area contributed by atoms with Crippen molar-refractivity contribution in [1.29, 1.82) is 0 Å². The van der Waals surface area contributed by atoms with Crippen molar-refractivity contribution in [2.45, 2.75) is 19.9 Å². The standard InChI is InChI=1S/C22H19N3O3S/c1-14-18(29-20(24-14)15-7-3-2-4-8-15)13-23-19(26)11-12-25-21(27)16-9-5-6-10-17(16)22(25)28/h2-10H,11-13H2,1H3,(H,23,26). The molecule has 6 nitrogen and oxygen atoms in total. The van der Waals surface area contributed by atoms with E-state index in [0.717, 1.165) is 26.0 Å². The molecule has 0 aliphatic carbocycles. The van der Waals surface area contributed by atoms with E-state index >= 15 is 0 Å². The zero-order chi connectivity index (χ0) is 20.4. The summed E-state index contributed by atoms with van der Waals surface area (Å²) in [4.78, 5) is 43.7. The van der Waals surface area contributed by atoms with Crippen LogP contribution in [0, 0.1) is 6.92 Å². The first-order valence-corrected chi connectivity index (χ1v) is 10.1. The van der Waals surface area contributed by atoms with E-state index < -0.39 is 0 Å². The van der Waals surface area contributed by atoms with Crippen LogP contribution in [-0.4, -0.2) is 34.2 Å². The third kappa shape index (κ3) is 3.82. The summed E-state index contributed by atoms with van der Waals surface area (Å²) in [6.45, 7) is 2.36. The Morgan fingerprint density at radius 3 is 2.28 bits per heavy atom. The topological polar surface area (TPSA) is 79.4 Å². The molecule has 1 aliphatic rings. The lowest BCUT2D eigenvalue weighted by atomic mass is 10.1. The molecule has 4 rings (SSSR count). The number of amides is 3. The molecule has 1 aromatic heterocycles. The third-order valence-electron chi connectivity index (χ3n) is 4.80. The summed E-state index contributed by atoms with van der Waals surface area (Å²) in [5.41, 5.74) is 2.72. The highest BCUT2D eigenvalue weighted by atomic mass is 32.1. The van der Waals surface area contributed by atoms with Crippen LogP contribution in [0.4, 0.5) is 0 Å². The van der Waals surface area contributed by atoms with E-state index in [1.807, 2.05) is 37.3 Å². The monoisotopic (exact) mass is 405 g/mol. The molecule has 0 atom stereocenters. The summed E-state index contributed by atoms with van der Waals surface area (Å²) in [5, 5.41) is 3.78. The van der Waals surface area contributed by atoms with Gasteiger partial charge in [-0.2, -0.15) is 0 Å². The second-order valence-electron chi connectivity index (χ2n) is 6.73. The second-order valence-corrected chi connectivity index (χ2v) is 7.81. The van der Waals surface area contributed by atoms with Gasteiger partial charge in [0.25, 0.3) is 11.8 Å². The molecule has 2 aromatic carbocycles. The summed E-state index contributed by atoms with van der Waals surface area (Å²) < 4.78 is 0. The maximum absolute atomic E-state index is 12.3. The fourth-order valence-electron chi connectivity index (χ4n) is 3.22. The van der Waals surface area contributed by atoms with E-state index in [9.17, 15) is 14.4 Å². The lowest BCUT2D eigenvalue weighted by Crippen LogP contribution is -2.34. The van der Waals surface area contributed by atoms with Crippen LogP contribution in [0.15, 0.2) is 54.6 Å². The number of fused-ring (bicyclic) bond motifs is 1. The van der Waals surface area contributed by atoms with Crippen molar-refractivity contribution in [3.8, 4) is 10.6 Å². The Kier molecular flexibility index (Phi) is 5.22. The zero-order valence-electron chi connectivity index (χ0n) is 15.8. The number of carbonyl (C=O) groups excluding carboxylic acids is 3. The van der Waals surface area contributed by atoms with Gasteiger partial charge < -0.3 is 5.32 Å². The number of benzene rings is 2. The van der Waals surface area contributed by atoms with Crippen LogP contribution < -0.4 is 5.32 Å². The van der Waals surface area contributed by atoms with Gasteiger partial charge in [-0.25, -0.2) is 4.98 Å². The van der Waals surface area contributed by atoms with E-state index in [1.54, 1.807) is 35.6 Å². The molecule has 0 spiro atoms. The molecule has 3 aromatic rings. The summed E-state index contributed by atoms with van der Waals surface area (Å²) in [6.07, 6.45) is 0.0643. The Labute approximate surface area is 172 Å². The number of carbonyl (C=O) groups is 3. The van der Waals surface area contributed by atoms with Gasteiger partial charge in [0.2, 0.25) is 5.91 Å². The minimum atomic E-state index is -0.343. The Morgan fingerprint density at radius 2 is 1.62 bits per heavy atom. The largest absolute Gasteiger partial charge is 0.351 e. The number of aryl methyl sites for hydroxylation is 1. The van der Waals surface area contributed by atoms with Crippen molar-refractivity contribution >= 4 is 29.1 Å². The molecule has 0 fully saturated rings. The normalized spacial score (nSPS) is 12.9. The molecular weight excluding hydrogens is 386 g/mol. The zero-order valence-corrected chi connectivity index (χ0v) is 16.7. The SMILES string of the molecule is Cc1nc(-c2ccccc2)sc1CNC(=O)CCN1C(=O)c2ccccc2C1=O. The lowest BCUT2D eigenvalue weighted by Gasteiger charge is -2.13. The number of nitrogens with one attached hydrogen (secondary N) is 1. The number of imide groups is 1. The first-order chi connectivity index (χ1) is 14.0. The highest BCUT2D eigenvalue weighted by Crippen LogP contribution is 2.27. The van der Waals surface area contributed by atoms with E-state index in [4.69, 9.17) is 0 Å². The van der Waals surface area contributed by atoms with Gasteiger partial charge in [-0.05, 0) is 19.1 Å². The van der Waals surface area contributed by atoms with Crippen molar-refractivity contribution in [3.05, 3.63) is 76.3 Å². The van der Waals surface area contributed by atoms with Gasteiger partial charge >= 0.3 is 0 Å². The molecule has 2 heterocycles. The van der Waals surface area contributed by atoms with Crippen molar-refractivity contribution in [3.63, 3.8) is 0 Å². The average molecular weight is 405 g/mol. The minimum Gasteiger partial charge on any atom is -0.351 e. The van der Waals surface area contributed by atoms with Crippen LogP contribution in [0.5, 0.6) is 0 Å². The van der Waals surface area contributed by atoms with Gasteiger partial charge in [0.05, 0.1) is 23.4 Å². The van der Waals surface area contributed by atoms with Gasteiger partial charge in [-0.15, -0.1) is 11.3 Å². The summed E-state index contributed by atoms with van der Waals surface area (Å²) in [6, 6.07) is 16.6. The highest BCUT2D eigenvalue weighted by molar-refractivity contribution is 7.15. The highest BCUT2D eigenvalue weighted by Gasteiger charge is 2.34. The molecule has 0 unspecified atom stereocenters. The fraction of sp³-hybridized carbons (Fsp3) is 0.182. The Bertz CT molecular complexity index is 1060. The van der Waals surface area contributed by atoms with Crippen molar-refractivity contribution < 1.29 is 14.4 Å². The van der Waals surface area contributed by atoms with Gasteiger partial charge in [-0.3, -0.25) is 19.3 Å². The predicted octanol–water partition coefficient (Wildman–Crippen LogP) is 3.42. The molecule has 146 valence electrons. The lowest BCUT2D eigenvalue weighted by molar-refractivity contribution is -0.121. The van der Waals surface area contributed by atoms with Gasteiger partial charge in [-0.1, -0.05) is 42.5 Å². The summed E-state index contributed by atoms with van der Waals surface area (Å²) >= 11 is 1.55. The summed E-state index contributed by atoms with van der Waals surface area (Å²) in [7, 11) is 0. The molecule has 0 bridgehead atoms. The third-order valence-corrected chi connectivity index (χ3v) is 6.01. The van der Waals surface area contributed by atoms with Crippen LogP contribution >= 0.6 is 11.3 Å². The van der Waals surface area contributed by atoms with E-state index in [0.29, 0.717) is 17.7 Å². The van der Waals surface area contributed by atoms with Crippen LogP contribution in [0.2, 0.25) is 0 Å². The number of rotatable bonds is 6. The quantitative estimate of drug-likeness (QED) is 0.638. The van der Waals surface area contributed by atoms with Crippen molar-refractivity contribution in [2.75, 3.05) is 6.54 Å². The number of hydrogen-bond donors (Lipinski definition) is 1. The second kappa shape index (κ2) is 7.97. The van der Waals surface area contributed by atoms with Gasteiger partial charge in [0, 0.05) is 23.4 Å². The maximum atomic E-state index is 12.3. The fourth-order valence-corrected chi connectivity index (χ4v) is 4.23. The van der Waals surface area contributed by atoms with Crippen molar-refractivity contribution in [1.82, 2.24) is 15.2 Å². The average Bonchev–Trinajstić information content (AvgIpc) is 3.23. The van der Waals surface area contributed by atoms with Gasteiger partial charge in [0.15, 0.2) is 0 Å². The minimum absolute atomic E-state index is 0.0643. The molecule has 29 heavy (non-hydrogen) atoms. The molecule has 0 radical (unpaired) electrons. The van der Waals surface area contributed by atoms with E-state index in [-0.39, 0.29) is 30.7 Å². The Morgan fingerprint density at radius 1 is 1.00 bits per heavy atom. The molecule has 1 N–H and O–H groups in total. The predicted molar refractivity (Wildman–Crippen MR) is 111 cm³/mol. The molecule has 7 heteroatoms. The molecule has 3 amide bonds. The van der Waals surface area contributed by atoms with Crippen LogP contribution in [0.25, 0.3) is 10.6 Å².